The topological polar surface area (TPSA) is 21.3 Å². The molecular formula is C11H12F3NO. The Morgan fingerprint density at radius 3 is 2.69 bits per heavy atom. The van der Waals surface area contributed by atoms with E-state index in [2.05, 4.69) is 5.32 Å². The lowest BCUT2D eigenvalue weighted by Crippen LogP contribution is -2.05. The van der Waals surface area contributed by atoms with Gasteiger partial charge in [0.15, 0.2) is 11.6 Å². The molecule has 2 nitrogen and oxygen atoms in total. The molecule has 1 aromatic rings. The molecule has 5 heteroatoms. The summed E-state index contributed by atoms with van der Waals surface area (Å²) >= 11 is 0. The van der Waals surface area contributed by atoms with E-state index < -0.39 is 17.5 Å². The van der Waals surface area contributed by atoms with Crippen molar-refractivity contribution < 1.29 is 17.9 Å². The Morgan fingerprint density at radius 2 is 2.12 bits per heavy atom. The normalized spacial score (nSPS) is 11.4. The zero-order chi connectivity index (χ0) is 12.1. The lowest BCUT2D eigenvalue weighted by Gasteiger charge is -2.09. The summed E-state index contributed by atoms with van der Waals surface area (Å²) in [5.74, 6) is -2.38. The Kier molecular flexibility index (Phi) is 4.22. The molecule has 0 unspecified atom stereocenters. The fourth-order valence-electron chi connectivity index (χ4n) is 1.09. The highest BCUT2D eigenvalue weighted by Crippen LogP contribution is 2.24. The van der Waals surface area contributed by atoms with Gasteiger partial charge in [-0.15, -0.1) is 0 Å². The number of methoxy groups -OCH3 is 1. The van der Waals surface area contributed by atoms with Crippen molar-refractivity contribution in [3.8, 4) is 5.75 Å². The number of benzene rings is 1. The van der Waals surface area contributed by atoms with Crippen LogP contribution < -0.4 is 10.1 Å². The van der Waals surface area contributed by atoms with Crippen molar-refractivity contribution in [1.82, 2.24) is 0 Å². The van der Waals surface area contributed by atoms with E-state index in [0.717, 1.165) is 6.07 Å². The molecule has 0 aliphatic carbocycles. The standard InChI is InChI=1S/C11H12F3NO/c1-3-7(12)6-15-10-5-8(16-2)4-9(13)11(10)14/h3-5,15H,6H2,1-2H3/b7-3+. The molecule has 0 radical (unpaired) electrons. The van der Waals surface area contributed by atoms with Crippen molar-refractivity contribution in [3.63, 3.8) is 0 Å². The summed E-state index contributed by atoms with van der Waals surface area (Å²) in [6.07, 6.45) is 1.24. The molecule has 16 heavy (non-hydrogen) atoms. The number of allylic oxidation sites excluding steroid dienone is 1. The number of rotatable bonds is 4. The molecule has 1 rings (SSSR count). The maximum Gasteiger partial charge on any atom is 0.182 e. The summed E-state index contributed by atoms with van der Waals surface area (Å²) in [6.45, 7) is 1.32. The van der Waals surface area contributed by atoms with Gasteiger partial charge in [0, 0.05) is 12.1 Å². The second-order valence-electron chi connectivity index (χ2n) is 3.06. The average molecular weight is 231 g/mol. The van der Waals surface area contributed by atoms with Crippen LogP contribution in [0.25, 0.3) is 0 Å². The summed E-state index contributed by atoms with van der Waals surface area (Å²) in [5, 5.41) is 2.44. The van der Waals surface area contributed by atoms with Crippen LogP contribution >= 0.6 is 0 Å². The monoisotopic (exact) mass is 231 g/mol. The van der Waals surface area contributed by atoms with Gasteiger partial charge in [0.05, 0.1) is 19.3 Å². The van der Waals surface area contributed by atoms with Gasteiger partial charge in [-0.3, -0.25) is 0 Å². The Bertz CT molecular complexity index is 404. The molecule has 0 saturated heterocycles. The van der Waals surface area contributed by atoms with Crippen LogP contribution in [0.5, 0.6) is 5.75 Å². The molecule has 1 aromatic carbocycles. The highest BCUT2D eigenvalue weighted by molar-refractivity contribution is 5.50. The van der Waals surface area contributed by atoms with Crippen LogP contribution in [0, 0.1) is 11.6 Å². The second kappa shape index (κ2) is 5.44. The van der Waals surface area contributed by atoms with E-state index in [9.17, 15) is 13.2 Å². The van der Waals surface area contributed by atoms with E-state index in [4.69, 9.17) is 4.74 Å². The molecule has 0 fully saturated rings. The SMILES string of the molecule is C/C=C(/F)CNc1cc(OC)cc(F)c1F. The minimum atomic E-state index is -1.05. The highest BCUT2D eigenvalue weighted by atomic mass is 19.2. The molecule has 0 aromatic heterocycles. The number of anilines is 1. The molecule has 0 saturated carbocycles. The summed E-state index contributed by atoms with van der Waals surface area (Å²) < 4.78 is 43.8. The van der Waals surface area contributed by atoms with Gasteiger partial charge >= 0.3 is 0 Å². The Labute approximate surface area is 91.7 Å². The second-order valence-corrected chi connectivity index (χ2v) is 3.06. The van der Waals surface area contributed by atoms with E-state index in [1.807, 2.05) is 0 Å². The predicted octanol–water partition coefficient (Wildman–Crippen LogP) is 3.26. The van der Waals surface area contributed by atoms with Gasteiger partial charge in [-0.1, -0.05) is 6.08 Å². The third kappa shape index (κ3) is 2.92. The molecular weight excluding hydrogens is 219 g/mol. The summed E-state index contributed by atoms with van der Waals surface area (Å²) in [5.41, 5.74) is -0.131. The van der Waals surface area contributed by atoms with Crippen LogP contribution in [-0.4, -0.2) is 13.7 Å². The Morgan fingerprint density at radius 1 is 1.44 bits per heavy atom. The van der Waals surface area contributed by atoms with Crippen LogP contribution in [0.15, 0.2) is 24.0 Å². The van der Waals surface area contributed by atoms with Crippen molar-refractivity contribution in [2.75, 3.05) is 19.0 Å². The van der Waals surface area contributed by atoms with Gasteiger partial charge in [-0.05, 0) is 6.92 Å². The van der Waals surface area contributed by atoms with E-state index >= 15 is 0 Å². The molecule has 0 aliphatic heterocycles. The fourth-order valence-corrected chi connectivity index (χ4v) is 1.09. The first kappa shape index (κ1) is 12.4. The molecule has 0 heterocycles. The minimum Gasteiger partial charge on any atom is -0.497 e. The maximum atomic E-state index is 13.2. The molecule has 0 bridgehead atoms. The number of nitrogens with one attached hydrogen (secondary N) is 1. The maximum absolute atomic E-state index is 13.2. The first-order valence-electron chi connectivity index (χ1n) is 4.66. The zero-order valence-corrected chi connectivity index (χ0v) is 8.98. The first-order chi connectivity index (χ1) is 7.58. The number of hydrogen-bond acceptors (Lipinski definition) is 2. The highest BCUT2D eigenvalue weighted by Gasteiger charge is 2.11. The molecule has 0 atom stereocenters. The van der Waals surface area contributed by atoms with Crippen LogP contribution in [-0.2, 0) is 0 Å². The quantitative estimate of drug-likeness (QED) is 0.858. The van der Waals surface area contributed by atoms with E-state index in [-0.39, 0.29) is 18.0 Å². The van der Waals surface area contributed by atoms with Gasteiger partial charge in [0.25, 0.3) is 0 Å². The van der Waals surface area contributed by atoms with Crippen LogP contribution in [0.2, 0.25) is 0 Å². The van der Waals surface area contributed by atoms with E-state index in [1.165, 1.54) is 26.2 Å². The van der Waals surface area contributed by atoms with Crippen molar-refractivity contribution >= 4 is 5.69 Å². The number of ether oxygens (including phenoxy) is 1. The third-order valence-electron chi connectivity index (χ3n) is 2.00. The van der Waals surface area contributed by atoms with E-state index in [1.54, 1.807) is 0 Å². The predicted molar refractivity (Wildman–Crippen MR) is 56.3 cm³/mol. The Balaban J connectivity index is 2.90. The lowest BCUT2D eigenvalue weighted by atomic mass is 10.2. The summed E-state index contributed by atoms with van der Waals surface area (Å²) in [7, 11) is 1.34. The van der Waals surface area contributed by atoms with Crippen molar-refractivity contribution in [3.05, 3.63) is 35.7 Å². The molecule has 0 aliphatic rings. The van der Waals surface area contributed by atoms with Crippen LogP contribution in [0.4, 0.5) is 18.9 Å². The largest absolute Gasteiger partial charge is 0.497 e. The molecule has 1 N–H and O–H groups in total. The molecule has 0 amide bonds. The van der Waals surface area contributed by atoms with Crippen molar-refractivity contribution in [1.29, 1.82) is 0 Å². The smallest absolute Gasteiger partial charge is 0.182 e. The van der Waals surface area contributed by atoms with Crippen molar-refractivity contribution in [2.24, 2.45) is 0 Å². The summed E-state index contributed by atoms with van der Waals surface area (Å²) in [4.78, 5) is 0. The zero-order valence-electron chi connectivity index (χ0n) is 8.98. The number of halogens is 3. The number of hydrogen-bond donors (Lipinski definition) is 1. The molecule has 0 spiro atoms. The van der Waals surface area contributed by atoms with Crippen LogP contribution in [0.3, 0.4) is 0 Å². The average Bonchev–Trinajstić information content (AvgIpc) is 2.30. The molecule has 88 valence electrons. The first-order valence-corrected chi connectivity index (χ1v) is 4.66. The summed E-state index contributed by atoms with van der Waals surface area (Å²) in [6, 6.07) is 2.19. The third-order valence-corrected chi connectivity index (χ3v) is 2.00. The van der Waals surface area contributed by atoms with Gasteiger partial charge in [0.1, 0.15) is 11.6 Å². The van der Waals surface area contributed by atoms with Gasteiger partial charge in [-0.2, -0.15) is 0 Å². The fraction of sp³-hybridized carbons (Fsp3) is 0.273. The van der Waals surface area contributed by atoms with E-state index in [0.29, 0.717) is 0 Å². The van der Waals surface area contributed by atoms with Gasteiger partial charge in [0.2, 0.25) is 0 Å². The Hall–Kier alpha value is -1.65. The lowest BCUT2D eigenvalue weighted by molar-refractivity contribution is 0.407. The van der Waals surface area contributed by atoms with Gasteiger partial charge in [-0.25, -0.2) is 13.2 Å². The van der Waals surface area contributed by atoms with Crippen molar-refractivity contribution in [2.45, 2.75) is 6.92 Å². The minimum absolute atomic E-state index is 0.131. The van der Waals surface area contributed by atoms with Gasteiger partial charge < -0.3 is 10.1 Å². The van der Waals surface area contributed by atoms with Crippen LogP contribution in [0.1, 0.15) is 6.92 Å².